The number of hydrogen-bond acceptors (Lipinski definition) is 3. The number of hydrogen-bond donors (Lipinski definition) is 0. The fourth-order valence-corrected chi connectivity index (χ4v) is 3.32. The highest BCUT2D eigenvalue weighted by Gasteiger charge is 2.20. The summed E-state index contributed by atoms with van der Waals surface area (Å²) in [6, 6.07) is 16.8. The molecule has 0 unspecified atom stereocenters. The van der Waals surface area contributed by atoms with Gasteiger partial charge in [0.25, 0.3) is 0 Å². The summed E-state index contributed by atoms with van der Waals surface area (Å²) in [5.41, 5.74) is 6.53. The van der Waals surface area contributed by atoms with Crippen LogP contribution in [-0.2, 0) is 4.79 Å². The highest BCUT2D eigenvalue weighted by Crippen LogP contribution is 2.30. The van der Waals surface area contributed by atoms with Crippen molar-refractivity contribution < 1.29 is 4.79 Å². The summed E-state index contributed by atoms with van der Waals surface area (Å²) < 4.78 is 0. The van der Waals surface area contributed by atoms with Gasteiger partial charge in [0, 0.05) is 51.6 Å². The SMILES string of the molecule is CN(C)c1ccc(C=C2CCCC(=O)C2=Cc2ccc(N(C)C)cc2)cc1. The second-order valence-corrected chi connectivity index (χ2v) is 7.48. The highest BCUT2D eigenvalue weighted by molar-refractivity contribution is 6.05. The van der Waals surface area contributed by atoms with Gasteiger partial charge in [0.1, 0.15) is 0 Å². The fourth-order valence-electron chi connectivity index (χ4n) is 3.32. The van der Waals surface area contributed by atoms with E-state index in [0.29, 0.717) is 6.42 Å². The Balaban J connectivity index is 1.91. The molecule has 0 bridgehead atoms. The van der Waals surface area contributed by atoms with Crippen LogP contribution in [0.5, 0.6) is 0 Å². The highest BCUT2D eigenvalue weighted by atomic mass is 16.1. The van der Waals surface area contributed by atoms with Gasteiger partial charge in [-0.15, -0.1) is 0 Å². The molecule has 140 valence electrons. The zero-order valence-electron chi connectivity index (χ0n) is 16.7. The maximum atomic E-state index is 12.6. The lowest BCUT2D eigenvalue weighted by atomic mass is 9.86. The molecule has 3 heteroatoms. The molecule has 0 aliphatic heterocycles. The van der Waals surface area contributed by atoms with Crippen molar-refractivity contribution in [2.75, 3.05) is 38.0 Å². The Bertz CT molecular complexity index is 856. The zero-order valence-corrected chi connectivity index (χ0v) is 16.7. The maximum absolute atomic E-state index is 12.6. The number of rotatable bonds is 4. The third-order valence-electron chi connectivity index (χ3n) is 4.97. The molecule has 0 aromatic heterocycles. The molecule has 2 aromatic rings. The summed E-state index contributed by atoms with van der Waals surface area (Å²) in [7, 11) is 8.13. The van der Waals surface area contributed by atoms with E-state index in [0.717, 1.165) is 40.8 Å². The van der Waals surface area contributed by atoms with E-state index in [1.165, 1.54) is 5.69 Å². The van der Waals surface area contributed by atoms with Crippen LogP contribution >= 0.6 is 0 Å². The molecule has 0 radical (unpaired) electrons. The quantitative estimate of drug-likeness (QED) is 0.714. The van der Waals surface area contributed by atoms with Gasteiger partial charge in [0.05, 0.1) is 0 Å². The minimum Gasteiger partial charge on any atom is -0.378 e. The van der Waals surface area contributed by atoms with Gasteiger partial charge in [0.2, 0.25) is 0 Å². The van der Waals surface area contributed by atoms with Crippen LogP contribution in [-0.4, -0.2) is 34.0 Å². The van der Waals surface area contributed by atoms with E-state index in [1.54, 1.807) is 0 Å². The monoisotopic (exact) mass is 360 g/mol. The molecule has 0 amide bonds. The normalized spacial score (nSPS) is 17.4. The predicted octanol–water partition coefficient (Wildman–Crippen LogP) is 5.04. The number of Topliss-reactive ketones (excluding diaryl/α,β-unsaturated/α-hetero) is 1. The Morgan fingerprint density at radius 2 is 1.19 bits per heavy atom. The van der Waals surface area contributed by atoms with Crippen molar-refractivity contribution in [2.45, 2.75) is 19.3 Å². The van der Waals surface area contributed by atoms with Gasteiger partial charge >= 0.3 is 0 Å². The number of carbonyl (C=O) groups is 1. The summed E-state index contributed by atoms with van der Waals surface area (Å²) >= 11 is 0. The van der Waals surface area contributed by atoms with Crippen LogP contribution in [0.3, 0.4) is 0 Å². The molecule has 0 atom stereocenters. The molecular weight excluding hydrogens is 332 g/mol. The van der Waals surface area contributed by atoms with Crippen molar-refractivity contribution in [3.63, 3.8) is 0 Å². The number of carbonyl (C=O) groups excluding carboxylic acids is 1. The van der Waals surface area contributed by atoms with Crippen LogP contribution in [0.2, 0.25) is 0 Å². The van der Waals surface area contributed by atoms with E-state index in [1.807, 2.05) is 34.3 Å². The van der Waals surface area contributed by atoms with Crippen LogP contribution in [0.1, 0.15) is 30.4 Å². The molecule has 0 N–H and O–H groups in total. The van der Waals surface area contributed by atoms with Gasteiger partial charge in [-0.25, -0.2) is 0 Å². The molecule has 2 aromatic carbocycles. The average Bonchev–Trinajstić information content (AvgIpc) is 2.65. The first-order valence-corrected chi connectivity index (χ1v) is 9.44. The predicted molar refractivity (Wildman–Crippen MR) is 116 cm³/mol. The lowest BCUT2D eigenvalue weighted by molar-refractivity contribution is -0.115. The van der Waals surface area contributed by atoms with Crippen LogP contribution in [0.25, 0.3) is 12.2 Å². The Hall–Kier alpha value is -2.81. The molecule has 0 heterocycles. The van der Waals surface area contributed by atoms with Crippen LogP contribution in [0, 0.1) is 0 Å². The Morgan fingerprint density at radius 3 is 1.67 bits per heavy atom. The van der Waals surface area contributed by atoms with Gasteiger partial charge < -0.3 is 9.80 Å². The summed E-state index contributed by atoms with van der Waals surface area (Å²) in [6.45, 7) is 0. The van der Waals surface area contributed by atoms with Crippen LogP contribution in [0.4, 0.5) is 11.4 Å². The van der Waals surface area contributed by atoms with E-state index >= 15 is 0 Å². The van der Waals surface area contributed by atoms with E-state index in [9.17, 15) is 4.79 Å². The van der Waals surface area contributed by atoms with E-state index in [4.69, 9.17) is 0 Å². The molecule has 1 aliphatic rings. The molecule has 1 saturated carbocycles. The molecule has 1 fully saturated rings. The summed E-state index contributed by atoms with van der Waals surface area (Å²) in [5, 5.41) is 0. The Labute approximate surface area is 162 Å². The maximum Gasteiger partial charge on any atom is 0.163 e. The largest absolute Gasteiger partial charge is 0.378 e. The van der Waals surface area contributed by atoms with Gasteiger partial charge in [0.15, 0.2) is 5.78 Å². The standard InChI is InChI=1S/C24H28N2O/c1-25(2)21-12-8-18(9-13-21)16-20-6-5-7-24(27)23(20)17-19-10-14-22(15-11-19)26(3)4/h8-17H,5-7H2,1-4H3. The first-order chi connectivity index (χ1) is 12.9. The number of anilines is 2. The molecular formula is C24H28N2O. The van der Waals surface area contributed by atoms with Crippen molar-refractivity contribution in [1.29, 1.82) is 0 Å². The molecule has 3 rings (SSSR count). The summed E-state index contributed by atoms with van der Waals surface area (Å²) in [6.07, 6.45) is 6.72. The topological polar surface area (TPSA) is 23.6 Å². The zero-order chi connectivity index (χ0) is 19.4. The molecule has 1 aliphatic carbocycles. The van der Waals surface area contributed by atoms with Crippen LogP contribution in [0.15, 0.2) is 59.7 Å². The number of benzene rings is 2. The molecule has 0 saturated heterocycles. The average molecular weight is 361 g/mol. The van der Waals surface area contributed by atoms with Gasteiger partial charge in [-0.2, -0.15) is 0 Å². The van der Waals surface area contributed by atoms with Gasteiger partial charge in [-0.3, -0.25) is 4.79 Å². The van der Waals surface area contributed by atoms with E-state index in [-0.39, 0.29) is 5.78 Å². The first-order valence-electron chi connectivity index (χ1n) is 9.44. The summed E-state index contributed by atoms with van der Waals surface area (Å²) in [5.74, 6) is 0.245. The fraction of sp³-hybridized carbons (Fsp3) is 0.292. The second-order valence-electron chi connectivity index (χ2n) is 7.48. The van der Waals surface area contributed by atoms with E-state index < -0.39 is 0 Å². The molecule has 0 spiro atoms. The van der Waals surface area contributed by atoms with Crippen molar-refractivity contribution in [1.82, 2.24) is 0 Å². The minimum atomic E-state index is 0.245. The second kappa shape index (κ2) is 8.26. The number of nitrogens with zero attached hydrogens (tertiary/aromatic N) is 2. The number of allylic oxidation sites excluding steroid dienone is 2. The smallest absolute Gasteiger partial charge is 0.163 e. The van der Waals surface area contributed by atoms with Crippen molar-refractivity contribution >= 4 is 29.3 Å². The van der Waals surface area contributed by atoms with Crippen LogP contribution < -0.4 is 9.80 Å². The summed E-state index contributed by atoms with van der Waals surface area (Å²) in [4.78, 5) is 16.8. The Morgan fingerprint density at radius 1 is 0.704 bits per heavy atom. The molecule has 27 heavy (non-hydrogen) atoms. The van der Waals surface area contributed by atoms with Crippen molar-refractivity contribution in [3.8, 4) is 0 Å². The Kier molecular flexibility index (Phi) is 5.80. The third-order valence-corrected chi connectivity index (χ3v) is 4.97. The van der Waals surface area contributed by atoms with Gasteiger partial charge in [-0.1, -0.05) is 30.3 Å². The van der Waals surface area contributed by atoms with Crippen molar-refractivity contribution in [2.24, 2.45) is 0 Å². The lowest BCUT2D eigenvalue weighted by Gasteiger charge is -2.18. The van der Waals surface area contributed by atoms with E-state index in [2.05, 4.69) is 64.4 Å². The third kappa shape index (κ3) is 4.68. The van der Waals surface area contributed by atoms with Crippen molar-refractivity contribution in [3.05, 3.63) is 70.8 Å². The lowest BCUT2D eigenvalue weighted by Crippen LogP contribution is -2.11. The number of ketones is 1. The van der Waals surface area contributed by atoms with Gasteiger partial charge in [-0.05, 0) is 59.9 Å². The minimum absolute atomic E-state index is 0.245. The molecule has 3 nitrogen and oxygen atoms in total. The first kappa shape index (κ1) is 19.0.